The van der Waals surface area contributed by atoms with Gasteiger partial charge < -0.3 is 10.8 Å². The Morgan fingerprint density at radius 1 is 1.60 bits per heavy atom. The van der Waals surface area contributed by atoms with E-state index in [0.717, 1.165) is 18.2 Å². The standard InChI is InChI=1S/C9H11FN2O3/c10-9-2-1-7(12(14)15)3-8(9)6(4-11)5-13/h1-3,6,13H,4-5,11H2. The highest BCUT2D eigenvalue weighted by Crippen LogP contribution is 2.23. The lowest BCUT2D eigenvalue weighted by molar-refractivity contribution is -0.385. The summed E-state index contributed by atoms with van der Waals surface area (Å²) >= 11 is 0. The third-order valence-electron chi connectivity index (χ3n) is 2.14. The van der Waals surface area contributed by atoms with E-state index in [1.165, 1.54) is 0 Å². The molecular weight excluding hydrogens is 203 g/mol. The number of non-ortho nitro benzene ring substituents is 1. The summed E-state index contributed by atoms with van der Waals surface area (Å²) in [5.74, 6) is -1.20. The highest BCUT2D eigenvalue weighted by atomic mass is 19.1. The Labute approximate surface area is 85.5 Å². The molecule has 1 unspecified atom stereocenters. The van der Waals surface area contributed by atoms with Gasteiger partial charge in [0.05, 0.1) is 11.5 Å². The van der Waals surface area contributed by atoms with Crippen LogP contribution >= 0.6 is 0 Å². The van der Waals surface area contributed by atoms with Crippen molar-refractivity contribution in [3.8, 4) is 0 Å². The van der Waals surface area contributed by atoms with E-state index in [1.807, 2.05) is 0 Å². The highest BCUT2D eigenvalue weighted by Gasteiger charge is 2.17. The highest BCUT2D eigenvalue weighted by molar-refractivity contribution is 5.37. The Bertz CT molecular complexity index is 366. The summed E-state index contributed by atoms with van der Waals surface area (Å²) in [5.41, 5.74) is 5.18. The summed E-state index contributed by atoms with van der Waals surface area (Å²) in [4.78, 5) is 9.84. The number of aliphatic hydroxyl groups excluding tert-OH is 1. The van der Waals surface area contributed by atoms with E-state index in [1.54, 1.807) is 0 Å². The lowest BCUT2D eigenvalue weighted by Crippen LogP contribution is -2.17. The van der Waals surface area contributed by atoms with Crippen LogP contribution in [0, 0.1) is 15.9 Å². The van der Waals surface area contributed by atoms with E-state index in [9.17, 15) is 14.5 Å². The van der Waals surface area contributed by atoms with E-state index in [0.29, 0.717) is 0 Å². The minimum atomic E-state index is -0.617. The summed E-state index contributed by atoms with van der Waals surface area (Å²) in [6.45, 7) is -0.302. The number of benzene rings is 1. The molecule has 0 spiro atoms. The van der Waals surface area contributed by atoms with Gasteiger partial charge in [-0.05, 0) is 6.07 Å². The van der Waals surface area contributed by atoms with E-state index < -0.39 is 16.7 Å². The number of halogens is 1. The summed E-state index contributed by atoms with van der Waals surface area (Å²) in [7, 11) is 0. The van der Waals surface area contributed by atoms with Crippen LogP contribution in [0.25, 0.3) is 0 Å². The maximum Gasteiger partial charge on any atom is 0.269 e. The third-order valence-corrected chi connectivity index (χ3v) is 2.14. The first-order valence-corrected chi connectivity index (χ1v) is 4.35. The fraction of sp³-hybridized carbons (Fsp3) is 0.333. The molecular formula is C9H11FN2O3. The van der Waals surface area contributed by atoms with Gasteiger partial charge in [-0.2, -0.15) is 0 Å². The number of nitrogens with two attached hydrogens (primary N) is 1. The van der Waals surface area contributed by atoms with Crippen LogP contribution in [-0.4, -0.2) is 23.2 Å². The first-order valence-electron chi connectivity index (χ1n) is 4.35. The topological polar surface area (TPSA) is 89.4 Å². The molecule has 0 fully saturated rings. The number of nitrogens with zero attached hydrogens (tertiary/aromatic N) is 1. The van der Waals surface area contributed by atoms with Gasteiger partial charge in [0, 0.05) is 30.2 Å². The lowest BCUT2D eigenvalue weighted by Gasteiger charge is -2.12. The zero-order valence-electron chi connectivity index (χ0n) is 7.89. The molecule has 0 aliphatic rings. The molecule has 0 bridgehead atoms. The zero-order valence-corrected chi connectivity index (χ0v) is 7.89. The first-order chi connectivity index (χ1) is 7.10. The van der Waals surface area contributed by atoms with Crippen molar-refractivity contribution >= 4 is 5.69 Å². The molecule has 6 heteroatoms. The van der Waals surface area contributed by atoms with Gasteiger partial charge in [-0.25, -0.2) is 4.39 Å². The van der Waals surface area contributed by atoms with Gasteiger partial charge in [0.25, 0.3) is 5.69 Å². The second-order valence-corrected chi connectivity index (χ2v) is 3.08. The van der Waals surface area contributed by atoms with Crippen molar-refractivity contribution < 1.29 is 14.4 Å². The summed E-state index contributed by atoms with van der Waals surface area (Å²) < 4.78 is 13.3. The second kappa shape index (κ2) is 4.81. The van der Waals surface area contributed by atoms with Crippen LogP contribution in [0.15, 0.2) is 18.2 Å². The molecule has 5 nitrogen and oxygen atoms in total. The second-order valence-electron chi connectivity index (χ2n) is 3.08. The predicted octanol–water partition coefficient (Wildman–Crippen LogP) is 0.768. The van der Waals surface area contributed by atoms with Crippen molar-refractivity contribution in [3.63, 3.8) is 0 Å². The average molecular weight is 214 g/mol. The van der Waals surface area contributed by atoms with E-state index in [-0.39, 0.29) is 24.4 Å². The molecule has 0 aliphatic carbocycles. The Balaban J connectivity index is 3.15. The van der Waals surface area contributed by atoms with Crippen LogP contribution in [0.2, 0.25) is 0 Å². The summed E-state index contributed by atoms with van der Waals surface area (Å²) in [5, 5.41) is 19.4. The average Bonchev–Trinajstić information content (AvgIpc) is 2.22. The predicted molar refractivity (Wildman–Crippen MR) is 51.9 cm³/mol. The van der Waals surface area contributed by atoms with E-state index in [2.05, 4.69) is 0 Å². The van der Waals surface area contributed by atoms with Crippen molar-refractivity contribution in [1.82, 2.24) is 0 Å². The number of nitro benzene ring substituents is 1. The third kappa shape index (κ3) is 2.48. The lowest BCUT2D eigenvalue weighted by atomic mass is 9.99. The largest absolute Gasteiger partial charge is 0.396 e. The SMILES string of the molecule is NCC(CO)c1cc([N+](=O)[O-])ccc1F. The molecule has 1 atom stereocenters. The molecule has 15 heavy (non-hydrogen) atoms. The van der Waals surface area contributed by atoms with Crippen LogP contribution in [0.4, 0.5) is 10.1 Å². The van der Waals surface area contributed by atoms with Crippen molar-refractivity contribution in [2.45, 2.75) is 5.92 Å². The quantitative estimate of drug-likeness (QED) is 0.572. The van der Waals surface area contributed by atoms with Gasteiger partial charge in [0.2, 0.25) is 0 Å². The van der Waals surface area contributed by atoms with Gasteiger partial charge in [-0.1, -0.05) is 0 Å². The Hall–Kier alpha value is -1.53. The molecule has 82 valence electrons. The van der Waals surface area contributed by atoms with Gasteiger partial charge in [0.1, 0.15) is 5.82 Å². The fourth-order valence-corrected chi connectivity index (χ4v) is 1.26. The Morgan fingerprint density at radius 3 is 2.73 bits per heavy atom. The minimum absolute atomic E-state index is 0.0363. The molecule has 0 aromatic heterocycles. The van der Waals surface area contributed by atoms with Crippen LogP contribution in [0.1, 0.15) is 11.5 Å². The van der Waals surface area contributed by atoms with Crippen molar-refractivity contribution in [2.75, 3.05) is 13.2 Å². The molecule has 1 aromatic carbocycles. The monoisotopic (exact) mass is 214 g/mol. The van der Waals surface area contributed by atoms with Crippen molar-refractivity contribution in [3.05, 3.63) is 39.7 Å². The van der Waals surface area contributed by atoms with Crippen LogP contribution in [0.3, 0.4) is 0 Å². The number of aliphatic hydroxyl groups is 1. The van der Waals surface area contributed by atoms with Gasteiger partial charge >= 0.3 is 0 Å². The van der Waals surface area contributed by atoms with Gasteiger partial charge in [-0.3, -0.25) is 10.1 Å². The Kier molecular flexibility index (Phi) is 3.70. The van der Waals surface area contributed by atoms with Crippen LogP contribution in [-0.2, 0) is 0 Å². The molecule has 0 saturated heterocycles. The maximum absolute atomic E-state index is 13.3. The fourth-order valence-electron chi connectivity index (χ4n) is 1.26. The zero-order chi connectivity index (χ0) is 11.4. The molecule has 0 aliphatic heterocycles. The number of hydrogen-bond donors (Lipinski definition) is 2. The van der Waals surface area contributed by atoms with Crippen molar-refractivity contribution in [2.24, 2.45) is 5.73 Å². The number of hydrogen-bond acceptors (Lipinski definition) is 4. The van der Waals surface area contributed by atoms with Crippen LogP contribution in [0.5, 0.6) is 0 Å². The molecule has 0 heterocycles. The van der Waals surface area contributed by atoms with Gasteiger partial charge in [0.15, 0.2) is 0 Å². The molecule has 3 N–H and O–H groups in total. The Morgan fingerprint density at radius 2 is 2.27 bits per heavy atom. The molecule has 0 radical (unpaired) electrons. The minimum Gasteiger partial charge on any atom is -0.396 e. The summed E-state index contributed by atoms with van der Waals surface area (Å²) in [6, 6.07) is 3.18. The maximum atomic E-state index is 13.3. The first kappa shape index (κ1) is 11.5. The molecule has 0 saturated carbocycles. The summed E-state index contributed by atoms with van der Waals surface area (Å²) in [6.07, 6.45) is 0. The smallest absolute Gasteiger partial charge is 0.269 e. The van der Waals surface area contributed by atoms with E-state index >= 15 is 0 Å². The molecule has 1 aromatic rings. The van der Waals surface area contributed by atoms with E-state index in [4.69, 9.17) is 10.8 Å². The van der Waals surface area contributed by atoms with Crippen molar-refractivity contribution in [1.29, 1.82) is 0 Å². The van der Waals surface area contributed by atoms with Gasteiger partial charge in [-0.15, -0.1) is 0 Å². The number of nitro groups is 1. The normalized spacial score (nSPS) is 12.5. The number of rotatable bonds is 4. The molecule has 1 rings (SSSR count). The molecule has 0 amide bonds. The van der Waals surface area contributed by atoms with Crippen LogP contribution < -0.4 is 5.73 Å².